The molecule has 1 N–H and O–H groups in total. The number of rotatable bonds is 7. The van der Waals surface area contributed by atoms with Crippen LogP contribution in [0.2, 0.25) is 0 Å². The zero-order valence-electron chi connectivity index (χ0n) is 12.6. The van der Waals surface area contributed by atoms with E-state index in [2.05, 4.69) is 83.6 Å². The van der Waals surface area contributed by atoms with Gasteiger partial charge in [0.1, 0.15) is 0 Å². The number of aryl methyl sites for hydroxylation is 1. The van der Waals surface area contributed by atoms with Crippen LogP contribution in [0.5, 0.6) is 0 Å². The molecule has 1 atom stereocenters. The molecule has 21 heavy (non-hydrogen) atoms. The molecule has 0 heterocycles. The van der Waals surface area contributed by atoms with Crippen LogP contribution in [-0.4, -0.2) is 12.3 Å². The van der Waals surface area contributed by atoms with E-state index in [1.54, 1.807) is 0 Å². The van der Waals surface area contributed by atoms with Crippen molar-refractivity contribution in [1.29, 1.82) is 0 Å². The second kappa shape index (κ2) is 8.62. The monoisotopic (exact) mass is 363 g/mol. The molecule has 2 aromatic carbocycles. The summed E-state index contributed by atoms with van der Waals surface area (Å²) in [5, 5.41) is 3.68. The van der Waals surface area contributed by atoms with Crippen LogP contribution in [0.4, 0.5) is 0 Å². The topological polar surface area (TPSA) is 12.0 Å². The second-order valence-corrected chi connectivity index (χ2v) is 7.14. The molecule has 0 aromatic heterocycles. The lowest BCUT2D eigenvalue weighted by Gasteiger charge is -2.20. The Kier molecular flexibility index (Phi) is 6.81. The summed E-state index contributed by atoms with van der Waals surface area (Å²) in [5.41, 5.74) is 2.77. The summed E-state index contributed by atoms with van der Waals surface area (Å²) in [6.07, 6.45) is 1.16. The standard InChI is InChI=1S/C18H22BrNS/c1-3-11-20-18(17-10-5-4-7-14(17)2)13-21-16-9-6-8-15(19)12-16/h4-10,12,18,20H,3,11,13H2,1-2H3. The fraction of sp³-hybridized carbons (Fsp3) is 0.333. The van der Waals surface area contributed by atoms with Crippen molar-refractivity contribution in [3.63, 3.8) is 0 Å². The molecule has 0 aliphatic carbocycles. The first-order valence-corrected chi connectivity index (χ1v) is 9.16. The average molecular weight is 364 g/mol. The molecule has 0 fully saturated rings. The summed E-state index contributed by atoms with van der Waals surface area (Å²) in [7, 11) is 0. The van der Waals surface area contributed by atoms with Gasteiger partial charge in [-0.05, 0) is 49.2 Å². The highest BCUT2D eigenvalue weighted by atomic mass is 79.9. The van der Waals surface area contributed by atoms with Crippen LogP contribution in [0.1, 0.15) is 30.5 Å². The van der Waals surface area contributed by atoms with Gasteiger partial charge in [-0.3, -0.25) is 0 Å². The van der Waals surface area contributed by atoms with Gasteiger partial charge in [0.2, 0.25) is 0 Å². The molecule has 0 aliphatic rings. The van der Waals surface area contributed by atoms with Gasteiger partial charge >= 0.3 is 0 Å². The average Bonchev–Trinajstić information content (AvgIpc) is 2.48. The number of halogens is 1. The van der Waals surface area contributed by atoms with Crippen molar-refractivity contribution < 1.29 is 0 Å². The summed E-state index contributed by atoms with van der Waals surface area (Å²) >= 11 is 5.44. The molecule has 3 heteroatoms. The summed E-state index contributed by atoms with van der Waals surface area (Å²) in [6.45, 7) is 5.46. The molecule has 0 bridgehead atoms. The van der Waals surface area contributed by atoms with E-state index in [-0.39, 0.29) is 0 Å². The number of hydrogen-bond acceptors (Lipinski definition) is 2. The minimum atomic E-state index is 0.398. The normalized spacial score (nSPS) is 12.3. The van der Waals surface area contributed by atoms with Crippen LogP contribution in [0.15, 0.2) is 57.9 Å². The van der Waals surface area contributed by atoms with Crippen LogP contribution in [0, 0.1) is 6.92 Å². The van der Waals surface area contributed by atoms with Gasteiger partial charge in [0.25, 0.3) is 0 Å². The largest absolute Gasteiger partial charge is 0.309 e. The van der Waals surface area contributed by atoms with Crippen LogP contribution < -0.4 is 5.32 Å². The van der Waals surface area contributed by atoms with Crippen LogP contribution in [0.25, 0.3) is 0 Å². The molecule has 1 unspecified atom stereocenters. The Labute approximate surface area is 140 Å². The third kappa shape index (κ3) is 5.17. The molecule has 0 aliphatic heterocycles. The lowest BCUT2D eigenvalue weighted by atomic mass is 10.0. The van der Waals surface area contributed by atoms with Gasteiger partial charge in [-0.2, -0.15) is 0 Å². The molecular weight excluding hydrogens is 342 g/mol. The molecule has 1 nitrogen and oxygen atoms in total. The summed E-state index contributed by atoms with van der Waals surface area (Å²) in [4.78, 5) is 1.31. The van der Waals surface area contributed by atoms with Crippen molar-refractivity contribution in [2.24, 2.45) is 0 Å². The Bertz CT molecular complexity index is 571. The fourth-order valence-electron chi connectivity index (χ4n) is 2.29. The summed E-state index contributed by atoms with van der Waals surface area (Å²) < 4.78 is 1.14. The third-order valence-electron chi connectivity index (χ3n) is 3.42. The number of benzene rings is 2. The van der Waals surface area contributed by atoms with Crippen LogP contribution in [0.3, 0.4) is 0 Å². The first-order valence-electron chi connectivity index (χ1n) is 7.38. The van der Waals surface area contributed by atoms with E-state index in [1.165, 1.54) is 16.0 Å². The van der Waals surface area contributed by atoms with Gasteiger partial charge in [-0.15, -0.1) is 11.8 Å². The van der Waals surface area contributed by atoms with E-state index < -0.39 is 0 Å². The van der Waals surface area contributed by atoms with E-state index in [9.17, 15) is 0 Å². The van der Waals surface area contributed by atoms with Crippen molar-refractivity contribution in [3.8, 4) is 0 Å². The first-order chi connectivity index (χ1) is 10.2. The van der Waals surface area contributed by atoms with E-state index in [1.807, 2.05) is 11.8 Å². The maximum atomic E-state index is 3.68. The number of nitrogens with one attached hydrogen (secondary N) is 1. The predicted octanol–water partition coefficient (Wildman–Crippen LogP) is 5.59. The Morgan fingerprint density at radius 2 is 1.95 bits per heavy atom. The van der Waals surface area contributed by atoms with E-state index >= 15 is 0 Å². The Balaban J connectivity index is 2.08. The molecule has 0 saturated heterocycles. The van der Waals surface area contributed by atoms with Crippen molar-refractivity contribution in [1.82, 2.24) is 5.32 Å². The molecule has 2 rings (SSSR count). The molecule has 0 saturated carbocycles. The van der Waals surface area contributed by atoms with Crippen molar-refractivity contribution in [2.45, 2.75) is 31.2 Å². The van der Waals surface area contributed by atoms with Gasteiger partial charge in [0.05, 0.1) is 0 Å². The lowest BCUT2D eigenvalue weighted by molar-refractivity contribution is 0.575. The van der Waals surface area contributed by atoms with E-state index in [0.29, 0.717) is 6.04 Å². The van der Waals surface area contributed by atoms with Gasteiger partial charge in [-0.1, -0.05) is 53.2 Å². The smallest absolute Gasteiger partial charge is 0.0418 e. The van der Waals surface area contributed by atoms with Crippen LogP contribution >= 0.6 is 27.7 Å². The zero-order chi connectivity index (χ0) is 15.1. The minimum Gasteiger partial charge on any atom is -0.309 e. The number of hydrogen-bond donors (Lipinski definition) is 1. The van der Waals surface area contributed by atoms with E-state index in [0.717, 1.165) is 23.2 Å². The summed E-state index contributed by atoms with van der Waals surface area (Å²) in [6, 6.07) is 17.6. The van der Waals surface area contributed by atoms with Crippen molar-refractivity contribution in [3.05, 3.63) is 64.1 Å². The van der Waals surface area contributed by atoms with E-state index in [4.69, 9.17) is 0 Å². The quantitative estimate of drug-likeness (QED) is 0.643. The molecular formula is C18H22BrNS. The highest BCUT2D eigenvalue weighted by Gasteiger charge is 2.13. The fourth-order valence-corrected chi connectivity index (χ4v) is 3.88. The predicted molar refractivity (Wildman–Crippen MR) is 97.1 cm³/mol. The maximum absolute atomic E-state index is 3.68. The van der Waals surface area contributed by atoms with Crippen molar-refractivity contribution >= 4 is 27.7 Å². The minimum absolute atomic E-state index is 0.398. The third-order valence-corrected chi connectivity index (χ3v) is 5.00. The van der Waals surface area contributed by atoms with Gasteiger partial charge in [0.15, 0.2) is 0 Å². The molecule has 0 radical (unpaired) electrons. The van der Waals surface area contributed by atoms with Gasteiger partial charge in [0, 0.05) is 21.2 Å². The summed E-state index contributed by atoms with van der Waals surface area (Å²) in [5.74, 6) is 1.04. The second-order valence-electron chi connectivity index (χ2n) is 5.13. The molecule has 2 aromatic rings. The molecule has 0 amide bonds. The van der Waals surface area contributed by atoms with Crippen LogP contribution in [-0.2, 0) is 0 Å². The SMILES string of the molecule is CCCNC(CSc1cccc(Br)c1)c1ccccc1C. The highest BCUT2D eigenvalue weighted by Crippen LogP contribution is 2.28. The van der Waals surface area contributed by atoms with Gasteiger partial charge in [-0.25, -0.2) is 0 Å². The first kappa shape index (κ1) is 16.6. The molecule has 112 valence electrons. The highest BCUT2D eigenvalue weighted by molar-refractivity contribution is 9.10. The zero-order valence-corrected chi connectivity index (χ0v) is 15.0. The Hall–Kier alpha value is -0.770. The molecule has 0 spiro atoms. The number of thioether (sulfide) groups is 1. The Morgan fingerprint density at radius 1 is 1.14 bits per heavy atom. The maximum Gasteiger partial charge on any atom is 0.0418 e. The lowest BCUT2D eigenvalue weighted by Crippen LogP contribution is -2.24. The van der Waals surface area contributed by atoms with Gasteiger partial charge < -0.3 is 5.32 Å². The van der Waals surface area contributed by atoms with Crippen molar-refractivity contribution in [2.75, 3.05) is 12.3 Å². The Morgan fingerprint density at radius 3 is 2.67 bits per heavy atom.